The molecule has 0 bridgehead atoms. The number of piperidine rings is 1. The lowest BCUT2D eigenvalue weighted by Crippen LogP contribution is -2.29. The predicted molar refractivity (Wildman–Crippen MR) is 35.9 cm³/mol. The first kappa shape index (κ1) is 6.09. The van der Waals surface area contributed by atoms with Crippen LogP contribution in [-0.4, -0.2) is 13.1 Å². The summed E-state index contributed by atoms with van der Waals surface area (Å²) in [7, 11) is 0. The second-order valence-corrected chi connectivity index (χ2v) is 2.62. The van der Waals surface area contributed by atoms with E-state index >= 15 is 0 Å². The van der Waals surface area contributed by atoms with Gasteiger partial charge >= 0.3 is 0 Å². The van der Waals surface area contributed by atoms with Gasteiger partial charge in [0.2, 0.25) is 0 Å². The van der Waals surface area contributed by atoms with Crippen molar-refractivity contribution in [3.05, 3.63) is 0 Å². The molecular weight excluding hydrogens is 98.1 g/mol. The summed E-state index contributed by atoms with van der Waals surface area (Å²) < 4.78 is 0. The molecule has 0 spiro atoms. The molecule has 0 amide bonds. The minimum Gasteiger partial charge on any atom is -0.316 e. The molecule has 0 aromatic carbocycles. The molecule has 0 aromatic heterocycles. The summed E-state index contributed by atoms with van der Waals surface area (Å²) in [6.07, 6.45) is 4.19. The first-order chi connectivity index (χ1) is 3.93. The molecule has 1 nitrogen and oxygen atoms in total. The molecule has 1 heterocycles. The van der Waals surface area contributed by atoms with Gasteiger partial charge in [0.1, 0.15) is 0 Å². The first-order valence-electron chi connectivity index (χ1n) is 3.64. The highest BCUT2D eigenvalue weighted by atomic mass is 14.9. The van der Waals surface area contributed by atoms with Crippen molar-refractivity contribution in [1.82, 2.24) is 5.32 Å². The van der Waals surface area contributed by atoms with E-state index in [9.17, 15) is 0 Å². The molecular formula is C7H15N. The minimum absolute atomic E-state index is 0.976. The van der Waals surface area contributed by atoms with E-state index in [-0.39, 0.29) is 0 Å². The molecule has 1 unspecified atom stereocenters. The highest BCUT2D eigenvalue weighted by Gasteiger charge is 2.08. The van der Waals surface area contributed by atoms with E-state index < -0.39 is 0 Å². The Balaban J connectivity index is 2.13. The fourth-order valence-electron chi connectivity index (χ4n) is 1.27. The van der Waals surface area contributed by atoms with Crippen molar-refractivity contribution >= 4 is 0 Å². The predicted octanol–water partition coefficient (Wildman–Crippen LogP) is 1.40. The topological polar surface area (TPSA) is 12.0 Å². The molecule has 0 radical (unpaired) electrons. The number of nitrogens with one attached hydrogen (secondary N) is 1. The van der Waals surface area contributed by atoms with Crippen LogP contribution in [0.2, 0.25) is 0 Å². The molecule has 0 aliphatic carbocycles. The van der Waals surface area contributed by atoms with Crippen molar-refractivity contribution in [3.63, 3.8) is 0 Å². The van der Waals surface area contributed by atoms with Crippen LogP contribution in [0.3, 0.4) is 0 Å². The van der Waals surface area contributed by atoms with E-state index in [2.05, 4.69) is 12.2 Å². The van der Waals surface area contributed by atoms with Crippen LogP contribution in [0.5, 0.6) is 0 Å². The molecule has 1 heteroatoms. The third kappa shape index (κ3) is 1.48. The Morgan fingerprint density at radius 2 is 2.50 bits per heavy atom. The van der Waals surface area contributed by atoms with E-state index in [0.29, 0.717) is 0 Å². The summed E-state index contributed by atoms with van der Waals surface area (Å²) in [5.41, 5.74) is 0. The summed E-state index contributed by atoms with van der Waals surface area (Å²) >= 11 is 0. The van der Waals surface area contributed by atoms with Gasteiger partial charge in [-0.2, -0.15) is 0 Å². The van der Waals surface area contributed by atoms with Crippen molar-refractivity contribution < 1.29 is 0 Å². The van der Waals surface area contributed by atoms with Crippen LogP contribution in [0.25, 0.3) is 0 Å². The van der Waals surface area contributed by atoms with E-state index in [1.54, 1.807) is 0 Å². The molecule has 1 fully saturated rings. The monoisotopic (exact) mass is 113 g/mol. The van der Waals surface area contributed by atoms with Gasteiger partial charge in [0.25, 0.3) is 0 Å². The second kappa shape index (κ2) is 3.08. The van der Waals surface area contributed by atoms with Crippen LogP contribution in [0.1, 0.15) is 26.2 Å². The molecule has 1 atom stereocenters. The van der Waals surface area contributed by atoms with Crippen LogP contribution >= 0.6 is 0 Å². The van der Waals surface area contributed by atoms with Gasteiger partial charge in [0.05, 0.1) is 0 Å². The summed E-state index contributed by atoms with van der Waals surface area (Å²) in [5.74, 6) is 0.976. The van der Waals surface area contributed by atoms with Gasteiger partial charge in [0.15, 0.2) is 0 Å². The summed E-state index contributed by atoms with van der Waals surface area (Å²) in [5, 5.41) is 3.39. The quantitative estimate of drug-likeness (QED) is 0.542. The highest BCUT2D eigenvalue weighted by molar-refractivity contribution is 4.66. The van der Waals surface area contributed by atoms with Crippen LogP contribution in [-0.2, 0) is 0 Å². The minimum atomic E-state index is 0.976. The molecule has 8 heavy (non-hydrogen) atoms. The number of rotatable bonds is 1. The van der Waals surface area contributed by atoms with Gasteiger partial charge in [-0.1, -0.05) is 13.3 Å². The van der Waals surface area contributed by atoms with Crippen molar-refractivity contribution in [2.24, 2.45) is 5.92 Å². The van der Waals surface area contributed by atoms with Crippen molar-refractivity contribution in [3.8, 4) is 0 Å². The molecule has 48 valence electrons. The first-order valence-corrected chi connectivity index (χ1v) is 3.64. The highest BCUT2D eigenvalue weighted by Crippen LogP contribution is 2.12. The Kier molecular flexibility index (Phi) is 2.34. The molecule has 1 aliphatic rings. The summed E-state index contributed by atoms with van der Waals surface area (Å²) in [4.78, 5) is 0. The smallest absolute Gasteiger partial charge is 0.00206 e. The zero-order valence-electron chi connectivity index (χ0n) is 5.61. The van der Waals surface area contributed by atoms with E-state index in [1.165, 1.54) is 32.4 Å². The third-order valence-corrected chi connectivity index (χ3v) is 1.98. The van der Waals surface area contributed by atoms with Crippen LogP contribution in [0.4, 0.5) is 0 Å². The second-order valence-electron chi connectivity index (χ2n) is 2.62. The SMILES string of the molecule is CCC1CCCNC1. The molecule has 1 N–H and O–H groups in total. The van der Waals surface area contributed by atoms with E-state index in [4.69, 9.17) is 0 Å². The Morgan fingerprint density at radius 1 is 1.62 bits per heavy atom. The molecule has 1 rings (SSSR count). The fourth-order valence-corrected chi connectivity index (χ4v) is 1.27. The maximum absolute atomic E-state index is 3.39. The molecule has 1 saturated heterocycles. The third-order valence-electron chi connectivity index (χ3n) is 1.98. The lowest BCUT2D eigenvalue weighted by Gasteiger charge is -2.20. The van der Waals surface area contributed by atoms with Gasteiger partial charge in [-0.15, -0.1) is 0 Å². The maximum Gasteiger partial charge on any atom is -0.00206 e. The van der Waals surface area contributed by atoms with Gasteiger partial charge < -0.3 is 5.32 Å². The Labute approximate surface area is 51.5 Å². The normalized spacial score (nSPS) is 30.4. The van der Waals surface area contributed by atoms with Gasteiger partial charge in [-0.3, -0.25) is 0 Å². The van der Waals surface area contributed by atoms with E-state index in [0.717, 1.165) is 5.92 Å². The van der Waals surface area contributed by atoms with Gasteiger partial charge in [-0.25, -0.2) is 0 Å². The molecule has 0 aromatic rings. The molecule has 0 saturated carbocycles. The lowest BCUT2D eigenvalue weighted by molar-refractivity contribution is 0.369. The molecule has 1 aliphatic heterocycles. The Hall–Kier alpha value is -0.0400. The van der Waals surface area contributed by atoms with Crippen molar-refractivity contribution in [1.29, 1.82) is 0 Å². The zero-order chi connectivity index (χ0) is 5.82. The summed E-state index contributed by atoms with van der Waals surface area (Å²) in [6.45, 7) is 4.78. The van der Waals surface area contributed by atoms with Crippen molar-refractivity contribution in [2.45, 2.75) is 26.2 Å². The van der Waals surface area contributed by atoms with Crippen LogP contribution in [0, 0.1) is 5.92 Å². The van der Waals surface area contributed by atoms with Gasteiger partial charge in [-0.05, 0) is 31.8 Å². The van der Waals surface area contributed by atoms with Crippen LogP contribution in [0.15, 0.2) is 0 Å². The average Bonchev–Trinajstić information content (AvgIpc) is 1.90. The number of hydrogen-bond acceptors (Lipinski definition) is 1. The maximum atomic E-state index is 3.39. The van der Waals surface area contributed by atoms with Crippen LogP contribution < -0.4 is 5.32 Å². The lowest BCUT2D eigenvalue weighted by atomic mass is 9.97. The standard InChI is InChI=1S/C7H15N/c1-2-7-4-3-5-8-6-7/h7-8H,2-6H2,1H3. The average molecular weight is 113 g/mol. The summed E-state index contributed by atoms with van der Waals surface area (Å²) in [6, 6.07) is 0. The largest absolute Gasteiger partial charge is 0.316 e. The Bertz CT molecular complexity index is 55.4. The van der Waals surface area contributed by atoms with Crippen molar-refractivity contribution in [2.75, 3.05) is 13.1 Å². The number of hydrogen-bond donors (Lipinski definition) is 1. The van der Waals surface area contributed by atoms with Gasteiger partial charge in [0, 0.05) is 0 Å². The van der Waals surface area contributed by atoms with E-state index in [1.807, 2.05) is 0 Å². The zero-order valence-corrected chi connectivity index (χ0v) is 5.61. The fraction of sp³-hybridized carbons (Fsp3) is 1.00. The Morgan fingerprint density at radius 3 is 2.88 bits per heavy atom.